The molecule has 2 N–H and O–H groups in total. The van der Waals surface area contributed by atoms with E-state index in [9.17, 15) is 4.79 Å². The molecule has 19 heavy (non-hydrogen) atoms. The molecule has 1 fully saturated rings. The Kier molecular flexibility index (Phi) is 4.30. The zero-order valence-electron chi connectivity index (χ0n) is 11.4. The summed E-state index contributed by atoms with van der Waals surface area (Å²) in [4.78, 5) is 18.2. The average Bonchev–Trinajstić information content (AvgIpc) is 2.40. The number of carbonyl (C=O) groups excluding carboxylic acids is 1. The van der Waals surface area contributed by atoms with E-state index in [0.717, 1.165) is 12.8 Å². The second-order valence-corrected chi connectivity index (χ2v) is 5.82. The minimum Gasteiger partial charge on any atom is -0.397 e. The monoisotopic (exact) mass is 281 g/mol. The lowest BCUT2D eigenvalue weighted by atomic mass is 9.86. The van der Waals surface area contributed by atoms with Crippen molar-refractivity contribution in [3.05, 3.63) is 23.0 Å². The molecular formula is C14H20ClN3O. The van der Waals surface area contributed by atoms with E-state index in [-0.39, 0.29) is 5.91 Å². The summed E-state index contributed by atoms with van der Waals surface area (Å²) in [7, 11) is 1.85. The number of halogens is 1. The van der Waals surface area contributed by atoms with E-state index in [4.69, 9.17) is 17.3 Å². The molecule has 1 amide bonds. The molecule has 1 aliphatic carbocycles. The van der Waals surface area contributed by atoms with Crippen LogP contribution in [0, 0.1) is 5.92 Å². The molecule has 1 aliphatic rings. The zero-order valence-corrected chi connectivity index (χ0v) is 12.2. The van der Waals surface area contributed by atoms with E-state index in [0.29, 0.717) is 28.4 Å². The van der Waals surface area contributed by atoms with Gasteiger partial charge in [0, 0.05) is 13.1 Å². The molecule has 0 spiro atoms. The number of aromatic nitrogens is 1. The van der Waals surface area contributed by atoms with Gasteiger partial charge in [-0.25, -0.2) is 4.98 Å². The molecule has 0 radical (unpaired) electrons. The first kappa shape index (κ1) is 14.1. The molecule has 5 heteroatoms. The third kappa shape index (κ3) is 3.18. The zero-order chi connectivity index (χ0) is 14.0. The molecule has 0 aromatic carbocycles. The number of anilines is 1. The summed E-state index contributed by atoms with van der Waals surface area (Å²) in [5, 5.41) is 0.294. The Morgan fingerprint density at radius 1 is 1.53 bits per heavy atom. The van der Waals surface area contributed by atoms with E-state index in [1.807, 2.05) is 7.05 Å². The van der Waals surface area contributed by atoms with E-state index < -0.39 is 0 Å². The van der Waals surface area contributed by atoms with E-state index >= 15 is 0 Å². The van der Waals surface area contributed by atoms with Crippen molar-refractivity contribution in [1.82, 2.24) is 9.88 Å². The van der Waals surface area contributed by atoms with Crippen LogP contribution in [0.15, 0.2) is 12.3 Å². The van der Waals surface area contributed by atoms with Crippen LogP contribution in [0.3, 0.4) is 0 Å². The van der Waals surface area contributed by atoms with Gasteiger partial charge in [-0.3, -0.25) is 4.79 Å². The van der Waals surface area contributed by atoms with Crippen LogP contribution < -0.4 is 5.73 Å². The Balaban J connectivity index is 2.16. The van der Waals surface area contributed by atoms with Gasteiger partial charge in [0.05, 0.1) is 17.4 Å². The van der Waals surface area contributed by atoms with Gasteiger partial charge in [-0.2, -0.15) is 0 Å². The second-order valence-electron chi connectivity index (χ2n) is 5.44. The summed E-state index contributed by atoms with van der Waals surface area (Å²) in [5.74, 6) is 0.605. The van der Waals surface area contributed by atoms with Crippen LogP contribution in [0.2, 0.25) is 5.15 Å². The fourth-order valence-corrected chi connectivity index (χ4v) is 2.89. The van der Waals surface area contributed by atoms with Gasteiger partial charge in [0.25, 0.3) is 5.91 Å². The smallest absolute Gasteiger partial charge is 0.256 e. The molecular weight excluding hydrogens is 262 g/mol. The highest BCUT2D eigenvalue weighted by atomic mass is 35.5. The summed E-state index contributed by atoms with van der Waals surface area (Å²) < 4.78 is 0. The first-order chi connectivity index (χ1) is 8.99. The van der Waals surface area contributed by atoms with E-state index in [1.54, 1.807) is 11.0 Å². The Bertz CT molecular complexity index is 478. The maximum atomic E-state index is 12.5. The lowest BCUT2D eigenvalue weighted by Crippen LogP contribution is -2.40. The molecule has 1 heterocycles. The molecule has 0 bridgehead atoms. The van der Waals surface area contributed by atoms with Crippen molar-refractivity contribution in [2.24, 2.45) is 5.92 Å². The van der Waals surface area contributed by atoms with Crippen molar-refractivity contribution < 1.29 is 4.79 Å². The molecule has 4 nitrogen and oxygen atoms in total. The first-order valence-corrected chi connectivity index (χ1v) is 7.05. The third-order valence-electron chi connectivity index (χ3n) is 3.91. The van der Waals surface area contributed by atoms with Gasteiger partial charge in [-0.05, 0) is 24.8 Å². The molecule has 1 aromatic rings. The summed E-state index contributed by atoms with van der Waals surface area (Å²) in [6, 6.07) is 1.84. The highest BCUT2D eigenvalue weighted by molar-refractivity contribution is 6.29. The number of nitrogens with zero attached hydrogens (tertiary/aromatic N) is 2. The maximum absolute atomic E-state index is 12.5. The molecule has 2 atom stereocenters. The summed E-state index contributed by atoms with van der Waals surface area (Å²) in [6.07, 6.45) is 5.98. The molecule has 2 unspecified atom stereocenters. The fourth-order valence-electron chi connectivity index (χ4n) is 2.74. The van der Waals surface area contributed by atoms with Crippen LogP contribution in [0.5, 0.6) is 0 Å². The number of carbonyl (C=O) groups is 1. The predicted octanol–water partition coefficient (Wildman–Crippen LogP) is 2.97. The Morgan fingerprint density at radius 3 is 2.95 bits per heavy atom. The minimum absolute atomic E-state index is 0.0686. The van der Waals surface area contributed by atoms with Crippen LogP contribution in [-0.4, -0.2) is 28.9 Å². The quantitative estimate of drug-likeness (QED) is 0.848. The van der Waals surface area contributed by atoms with Gasteiger partial charge in [0.2, 0.25) is 0 Å². The summed E-state index contributed by atoms with van der Waals surface area (Å²) in [6.45, 7) is 2.24. The molecule has 2 rings (SSSR count). The van der Waals surface area contributed by atoms with Crippen LogP contribution in [0.25, 0.3) is 0 Å². The third-order valence-corrected chi connectivity index (χ3v) is 4.12. The molecule has 1 saturated carbocycles. The Morgan fingerprint density at radius 2 is 2.26 bits per heavy atom. The normalized spacial score (nSPS) is 23.1. The van der Waals surface area contributed by atoms with Crippen molar-refractivity contribution in [3.8, 4) is 0 Å². The molecule has 0 saturated heterocycles. The minimum atomic E-state index is -0.0686. The van der Waals surface area contributed by atoms with Crippen molar-refractivity contribution in [3.63, 3.8) is 0 Å². The number of nitrogens with two attached hydrogens (primary N) is 1. The highest BCUT2D eigenvalue weighted by Crippen LogP contribution is 2.28. The van der Waals surface area contributed by atoms with Crippen LogP contribution in [0.1, 0.15) is 43.0 Å². The van der Waals surface area contributed by atoms with Gasteiger partial charge in [0.15, 0.2) is 0 Å². The highest BCUT2D eigenvalue weighted by Gasteiger charge is 2.27. The van der Waals surface area contributed by atoms with E-state index in [1.165, 1.54) is 19.0 Å². The fraction of sp³-hybridized carbons (Fsp3) is 0.571. The molecule has 0 aliphatic heterocycles. The Hall–Kier alpha value is -1.29. The Labute approximate surface area is 118 Å². The van der Waals surface area contributed by atoms with Gasteiger partial charge in [0.1, 0.15) is 5.15 Å². The standard InChI is InChI=1S/C14H20ClN3O/c1-9-4-3-5-10(6-9)18(2)14(19)11-7-13(15)17-8-12(11)16/h7-10H,3-6,16H2,1-2H3. The van der Waals surface area contributed by atoms with Crippen molar-refractivity contribution in [1.29, 1.82) is 0 Å². The topological polar surface area (TPSA) is 59.2 Å². The molecule has 1 aromatic heterocycles. The maximum Gasteiger partial charge on any atom is 0.256 e. The summed E-state index contributed by atoms with van der Waals surface area (Å²) >= 11 is 5.84. The summed E-state index contributed by atoms with van der Waals surface area (Å²) in [5.41, 5.74) is 6.64. The first-order valence-electron chi connectivity index (χ1n) is 6.67. The SMILES string of the molecule is CC1CCCC(N(C)C(=O)c2cc(Cl)ncc2N)C1. The number of hydrogen-bond donors (Lipinski definition) is 1. The second kappa shape index (κ2) is 5.78. The lowest BCUT2D eigenvalue weighted by Gasteiger charge is -2.34. The number of hydrogen-bond acceptors (Lipinski definition) is 3. The van der Waals surface area contributed by atoms with Gasteiger partial charge >= 0.3 is 0 Å². The van der Waals surface area contributed by atoms with Crippen molar-refractivity contribution >= 4 is 23.2 Å². The van der Waals surface area contributed by atoms with Crippen LogP contribution >= 0.6 is 11.6 Å². The van der Waals surface area contributed by atoms with Crippen LogP contribution in [-0.2, 0) is 0 Å². The number of pyridine rings is 1. The predicted molar refractivity (Wildman–Crippen MR) is 77.2 cm³/mol. The number of amides is 1. The largest absolute Gasteiger partial charge is 0.397 e. The van der Waals surface area contributed by atoms with Gasteiger partial charge < -0.3 is 10.6 Å². The lowest BCUT2D eigenvalue weighted by molar-refractivity contribution is 0.0673. The van der Waals surface area contributed by atoms with Gasteiger partial charge in [-0.1, -0.05) is 31.4 Å². The van der Waals surface area contributed by atoms with Crippen LogP contribution in [0.4, 0.5) is 5.69 Å². The van der Waals surface area contributed by atoms with E-state index in [2.05, 4.69) is 11.9 Å². The number of nitrogen functional groups attached to an aromatic ring is 1. The average molecular weight is 282 g/mol. The van der Waals surface area contributed by atoms with Gasteiger partial charge in [-0.15, -0.1) is 0 Å². The number of rotatable bonds is 2. The molecule has 104 valence electrons. The van der Waals surface area contributed by atoms with Crippen molar-refractivity contribution in [2.75, 3.05) is 12.8 Å². The van der Waals surface area contributed by atoms with Crippen molar-refractivity contribution in [2.45, 2.75) is 38.6 Å².